The first-order valence-electron chi connectivity index (χ1n) is 6.91. The number of rotatable bonds is 7. The van der Waals surface area contributed by atoms with Gasteiger partial charge in [0.15, 0.2) is 0 Å². The van der Waals surface area contributed by atoms with E-state index in [1.807, 2.05) is 23.0 Å². The molecule has 1 unspecified atom stereocenters. The highest BCUT2D eigenvalue weighted by Crippen LogP contribution is 2.22. The summed E-state index contributed by atoms with van der Waals surface area (Å²) in [6, 6.07) is 3.88. The van der Waals surface area contributed by atoms with Gasteiger partial charge in [-0.3, -0.25) is 4.68 Å². The van der Waals surface area contributed by atoms with Gasteiger partial charge < -0.3 is 10.1 Å². The lowest BCUT2D eigenvalue weighted by Crippen LogP contribution is -2.26. The van der Waals surface area contributed by atoms with Crippen LogP contribution >= 0.6 is 0 Å². The normalized spacial score (nSPS) is 12.3. The molecule has 6 nitrogen and oxygen atoms in total. The summed E-state index contributed by atoms with van der Waals surface area (Å²) in [4.78, 5) is 8.44. The van der Waals surface area contributed by atoms with Crippen LogP contribution in [0.15, 0.2) is 24.7 Å². The summed E-state index contributed by atoms with van der Waals surface area (Å²) in [6.07, 6.45) is 4.40. The van der Waals surface area contributed by atoms with Crippen LogP contribution < -0.4 is 10.1 Å². The van der Waals surface area contributed by atoms with Gasteiger partial charge in [0, 0.05) is 18.8 Å². The third-order valence-corrected chi connectivity index (χ3v) is 3.11. The van der Waals surface area contributed by atoms with E-state index in [1.54, 1.807) is 7.11 Å². The van der Waals surface area contributed by atoms with E-state index in [2.05, 4.69) is 34.2 Å². The van der Waals surface area contributed by atoms with E-state index in [4.69, 9.17) is 4.74 Å². The molecule has 0 bridgehead atoms. The fraction of sp³-hybridized carbons (Fsp3) is 0.500. The molecule has 0 saturated heterocycles. The van der Waals surface area contributed by atoms with Gasteiger partial charge >= 0.3 is 0 Å². The standard InChI is InChI=1S/C14H21N5O/c1-4-7-15-14(12-6-8-18-19(12)5-2)11-9-13(20-3)17-10-16-11/h6,8-10,14-15H,4-5,7H2,1-3H3. The first kappa shape index (κ1) is 14.5. The Hall–Kier alpha value is -1.95. The molecule has 2 aromatic rings. The van der Waals surface area contributed by atoms with E-state index in [1.165, 1.54) is 6.33 Å². The van der Waals surface area contributed by atoms with Crippen molar-refractivity contribution in [3.05, 3.63) is 36.0 Å². The first-order valence-corrected chi connectivity index (χ1v) is 6.91. The Kier molecular flexibility index (Phi) is 5.06. The minimum absolute atomic E-state index is 0.00528. The van der Waals surface area contributed by atoms with Crippen LogP contribution in [0.5, 0.6) is 5.88 Å². The summed E-state index contributed by atoms with van der Waals surface area (Å²) in [5.74, 6) is 0.570. The van der Waals surface area contributed by atoms with Crippen molar-refractivity contribution in [1.82, 2.24) is 25.1 Å². The van der Waals surface area contributed by atoms with Crippen molar-refractivity contribution >= 4 is 0 Å². The molecular formula is C14H21N5O. The summed E-state index contributed by atoms with van der Waals surface area (Å²) in [5, 5.41) is 7.84. The smallest absolute Gasteiger partial charge is 0.216 e. The van der Waals surface area contributed by atoms with Crippen LogP contribution in [0.25, 0.3) is 0 Å². The van der Waals surface area contributed by atoms with Crippen molar-refractivity contribution in [2.45, 2.75) is 32.9 Å². The largest absolute Gasteiger partial charge is 0.481 e. The van der Waals surface area contributed by atoms with Crippen LogP contribution in [0.2, 0.25) is 0 Å². The van der Waals surface area contributed by atoms with Crippen LogP contribution in [-0.4, -0.2) is 33.4 Å². The predicted molar refractivity (Wildman–Crippen MR) is 76.6 cm³/mol. The summed E-state index contributed by atoms with van der Waals surface area (Å²) in [6.45, 7) is 5.95. The molecular weight excluding hydrogens is 254 g/mol. The molecule has 20 heavy (non-hydrogen) atoms. The van der Waals surface area contributed by atoms with E-state index in [0.717, 1.165) is 30.9 Å². The van der Waals surface area contributed by atoms with Gasteiger partial charge in [0.2, 0.25) is 5.88 Å². The number of hydrogen-bond acceptors (Lipinski definition) is 5. The topological polar surface area (TPSA) is 64.9 Å². The lowest BCUT2D eigenvalue weighted by Gasteiger charge is -2.19. The third kappa shape index (κ3) is 3.14. The number of hydrogen-bond donors (Lipinski definition) is 1. The fourth-order valence-electron chi connectivity index (χ4n) is 2.12. The minimum Gasteiger partial charge on any atom is -0.481 e. The molecule has 1 atom stereocenters. The summed E-state index contributed by atoms with van der Waals surface area (Å²) < 4.78 is 7.16. The second-order valence-corrected chi connectivity index (χ2v) is 4.44. The molecule has 2 rings (SSSR count). The Morgan fingerprint density at radius 3 is 2.90 bits per heavy atom. The van der Waals surface area contributed by atoms with Crippen molar-refractivity contribution in [1.29, 1.82) is 0 Å². The fourth-order valence-corrected chi connectivity index (χ4v) is 2.12. The Morgan fingerprint density at radius 1 is 1.35 bits per heavy atom. The maximum absolute atomic E-state index is 5.18. The van der Waals surface area contributed by atoms with E-state index in [9.17, 15) is 0 Å². The van der Waals surface area contributed by atoms with Crippen LogP contribution in [0.4, 0.5) is 0 Å². The van der Waals surface area contributed by atoms with Crippen molar-refractivity contribution in [2.75, 3.05) is 13.7 Å². The van der Waals surface area contributed by atoms with E-state index in [0.29, 0.717) is 5.88 Å². The number of aryl methyl sites for hydroxylation is 1. The van der Waals surface area contributed by atoms with Crippen molar-refractivity contribution < 1.29 is 4.74 Å². The molecule has 0 amide bonds. The zero-order valence-corrected chi connectivity index (χ0v) is 12.2. The Morgan fingerprint density at radius 2 is 2.20 bits per heavy atom. The van der Waals surface area contributed by atoms with Crippen molar-refractivity contribution in [3.63, 3.8) is 0 Å². The van der Waals surface area contributed by atoms with E-state index >= 15 is 0 Å². The van der Waals surface area contributed by atoms with Gasteiger partial charge in [-0.1, -0.05) is 6.92 Å². The molecule has 0 radical (unpaired) electrons. The number of nitrogens with one attached hydrogen (secondary N) is 1. The number of ether oxygens (including phenoxy) is 1. The summed E-state index contributed by atoms with van der Waals surface area (Å²) in [7, 11) is 1.61. The highest BCUT2D eigenvalue weighted by atomic mass is 16.5. The Bertz CT molecular complexity index is 540. The summed E-state index contributed by atoms with van der Waals surface area (Å²) >= 11 is 0. The van der Waals surface area contributed by atoms with Crippen LogP contribution in [0.3, 0.4) is 0 Å². The molecule has 0 aromatic carbocycles. The van der Waals surface area contributed by atoms with Crippen LogP contribution in [-0.2, 0) is 6.54 Å². The maximum Gasteiger partial charge on any atom is 0.216 e. The molecule has 2 heterocycles. The van der Waals surface area contributed by atoms with Gasteiger partial charge in [-0.15, -0.1) is 0 Å². The lowest BCUT2D eigenvalue weighted by molar-refractivity contribution is 0.394. The molecule has 108 valence electrons. The minimum atomic E-state index is -0.00528. The predicted octanol–water partition coefficient (Wildman–Crippen LogP) is 1.79. The highest BCUT2D eigenvalue weighted by Gasteiger charge is 2.19. The van der Waals surface area contributed by atoms with Gasteiger partial charge in [-0.2, -0.15) is 5.10 Å². The number of nitrogens with zero attached hydrogens (tertiary/aromatic N) is 4. The van der Waals surface area contributed by atoms with Gasteiger partial charge in [0.1, 0.15) is 6.33 Å². The molecule has 0 aliphatic heterocycles. The molecule has 0 aliphatic rings. The lowest BCUT2D eigenvalue weighted by atomic mass is 10.1. The highest BCUT2D eigenvalue weighted by molar-refractivity contribution is 5.24. The average molecular weight is 275 g/mol. The zero-order chi connectivity index (χ0) is 14.4. The molecule has 1 N–H and O–H groups in total. The second-order valence-electron chi connectivity index (χ2n) is 4.44. The first-order chi connectivity index (χ1) is 9.80. The van der Waals surface area contributed by atoms with Crippen molar-refractivity contribution in [2.24, 2.45) is 0 Å². The SMILES string of the molecule is CCCNC(c1cc(OC)ncn1)c1ccnn1CC. The van der Waals surface area contributed by atoms with Gasteiger partial charge in [0.05, 0.1) is 24.5 Å². The molecule has 0 fully saturated rings. The molecule has 0 saturated carbocycles. The second kappa shape index (κ2) is 7.00. The maximum atomic E-state index is 5.18. The monoisotopic (exact) mass is 275 g/mol. The molecule has 2 aromatic heterocycles. The number of aromatic nitrogens is 4. The van der Waals surface area contributed by atoms with Gasteiger partial charge in [0.25, 0.3) is 0 Å². The Labute approximate surface area is 119 Å². The number of methoxy groups -OCH3 is 1. The quantitative estimate of drug-likeness (QED) is 0.834. The van der Waals surface area contributed by atoms with Crippen molar-refractivity contribution in [3.8, 4) is 5.88 Å². The molecule has 6 heteroatoms. The molecule has 0 spiro atoms. The van der Waals surface area contributed by atoms with E-state index in [-0.39, 0.29) is 6.04 Å². The Balaban J connectivity index is 2.36. The van der Waals surface area contributed by atoms with Crippen LogP contribution in [0, 0.1) is 0 Å². The average Bonchev–Trinajstić information content (AvgIpc) is 2.96. The van der Waals surface area contributed by atoms with Crippen LogP contribution in [0.1, 0.15) is 37.7 Å². The zero-order valence-electron chi connectivity index (χ0n) is 12.2. The van der Waals surface area contributed by atoms with Gasteiger partial charge in [-0.05, 0) is 26.0 Å². The third-order valence-electron chi connectivity index (χ3n) is 3.11. The summed E-state index contributed by atoms with van der Waals surface area (Å²) in [5.41, 5.74) is 1.99. The van der Waals surface area contributed by atoms with E-state index < -0.39 is 0 Å². The van der Waals surface area contributed by atoms with Gasteiger partial charge in [-0.25, -0.2) is 9.97 Å². The molecule has 0 aliphatic carbocycles.